The summed E-state index contributed by atoms with van der Waals surface area (Å²) in [5.41, 5.74) is 2.32. The lowest BCUT2D eigenvalue weighted by molar-refractivity contribution is -0.115. The zero-order valence-electron chi connectivity index (χ0n) is 8.25. The smallest absolute Gasteiger partial charge is 0.155 e. The van der Waals surface area contributed by atoms with Crippen LogP contribution in [0, 0.1) is 6.92 Å². The topological polar surface area (TPSA) is 30.0 Å². The van der Waals surface area contributed by atoms with Crippen molar-refractivity contribution in [3.05, 3.63) is 27.7 Å². The van der Waals surface area contributed by atoms with Crippen LogP contribution < -0.4 is 0 Å². The predicted octanol–water partition coefficient (Wildman–Crippen LogP) is 2.67. The van der Waals surface area contributed by atoms with E-state index in [4.69, 9.17) is 0 Å². The Hall–Kier alpha value is -0.960. The quantitative estimate of drug-likeness (QED) is 0.746. The van der Waals surface area contributed by atoms with Crippen molar-refractivity contribution in [3.63, 3.8) is 0 Å². The van der Waals surface area contributed by atoms with Crippen molar-refractivity contribution < 1.29 is 4.79 Å². The van der Waals surface area contributed by atoms with Crippen LogP contribution in [-0.2, 0) is 11.2 Å². The summed E-state index contributed by atoms with van der Waals surface area (Å²) in [6.45, 7) is 2.00. The monoisotopic (exact) mass is 207 g/mol. The van der Waals surface area contributed by atoms with Gasteiger partial charge in [0.2, 0.25) is 0 Å². The summed E-state index contributed by atoms with van der Waals surface area (Å²) in [6, 6.07) is 0. The summed E-state index contributed by atoms with van der Waals surface area (Å²) in [5, 5.41) is 3.18. The Morgan fingerprint density at radius 2 is 2.36 bits per heavy atom. The van der Waals surface area contributed by atoms with Gasteiger partial charge in [0.25, 0.3) is 0 Å². The Bertz CT molecular complexity index is 378. The Morgan fingerprint density at radius 1 is 1.50 bits per heavy atom. The van der Waals surface area contributed by atoms with Gasteiger partial charge < -0.3 is 0 Å². The summed E-state index contributed by atoms with van der Waals surface area (Å²) in [4.78, 5) is 15.6. The summed E-state index contributed by atoms with van der Waals surface area (Å²) in [7, 11) is 0. The second-order valence-electron chi connectivity index (χ2n) is 3.68. The van der Waals surface area contributed by atoms with E-state index < -0.39 is 0 Å². The first-order valence-corrected chi connectivity index (χ1v) is 5.75. The summed E-state index contributed by atoms with van der Waals surface area (Å²) < 4.78 is 0. The molecule has 0 atom stereocenters. The van der Waals surface area contributed by atoms with E-state index in [0.717, 1.165) is 36.4 Å². The largest absolute Gasteiger partial charge is 0.295 e. The minimum Gasteiger partial charge on any atom is -0.295 e. The van der Waals surface area contributed by atoms with E-state index in [9.17, 15) is 4.79 Å². The molecule has 1 aromatic rings. The van der Waals surface area contributed by atoms with Crippen molar-refractivity contribution in [3.8, 4) is 0 Å². The lowest BCUT2D eigenvalue weighted by Crippen LogP contribution is -2.04. The Morgan fingerprint density at radius 3 is 3.00 bits per heavy atom. The van der Waals surface area contributed by atoms with Gasteiger partial charge in [0.05, 0.1) is 5.01 Å². The summed E-state index contributed by atoms with van der Waals surface area (Å²) in [5.74, 6) is 0.277. The second-order valence-corrected chi connectivity index (χ2v) is 4.62. The SMILES string of the molecule is Cc1csc(CC2=CC(=O)CCC2)n1. The molecule has 2 rings (SSSR count). The number of nitrogens with zero attached hydrogens (tertiary/aromatic N) is 1. The molecule has 0 aliphatic heterocycles. The van der Waals surface area contributed by atoms with E-state index in [2.05, 4.69) is 10.4 Å². The molecule has 0 saturated carbocycles. The van der Waals surface area contributed by atoms with E-state index >= 15 is 0 Å². The Kier molecular flexibility index (Phi) is 2.77. The molecule has 1 aromatic heterocycles. The molecule has 0 fully saturated rings. The first-order valence-electron chi connectivity index (χ1n) is 4.87. The van der Waals surface area contributed by atoms with Gasteiger partial charge in [-0.1, -0.05) is 5.57 Å². The number of hydrogen-bond acceptors (Lipinski definition) is 3. The van der Waals surface area contributed by atoms with Gasteiger partial charge in [-0.05, 0) is 25.8 Å². The molecule has 0 N–H and O–H groups in total. The van der Waals surface area contributed by atoms with Crippen molar-refractivity contribution >= 4 is 17.1 Å². The maximum absolute atomic E-state index is 11.2. The maximum atomic E-state index is 11.2. The fourth-order valence-corrected chi connectivity index (χ4v) is 2.50. The number of aryl methyl sites for hydroxylation is 1. The number of hydrogen-bond donors (Lipinski definition) is 0. The fraction of sp³-hybridized carbons (Fsp3) is 0.455. The van der Waals surface area contributed by atoms with Crippen LogP contribution in [0.2, 0.25) is 0 Å². The van der Waals surface area contributed by atoms with Crippen LogP contribution in [0.15, 0.2) is 17.0 Å². The number of carbonyl (C=O) groups is 1. The zero-order chi connectivity index (χ0) is 9.97. The number of thiazole rings is 1. The molecule has 2 nitrogen and oxygen atoms in total. The molecule has 3 heteroatoms. The van der Waals surface area contributed by atoms with E-state index in [1.54, 1.807) is 17.4 Å². The molecular weight excluding hydrogens is 194 g/mol. The lowest BCUT2D eigenvalue weighted by atomic mass is 9.97. The minimum atomic E-state index is 0.277. The van der Waals surface area contributed by atoms with Crippen LogP contribution in [0.5, 0.6) is 0 Å². The van der Waals surface area contributed by atoms with Crippen LogP contribution in [0.1, 0.15) is 30.0 Å². The molecule has 0 spiro atoms. The molecule has 0 unspecified atom stereocenters. The summed E-state index contributed by atoms with van der Waals surface area (Å²) >= 11 is 1.68. The third-order valence-electron chi connectivity index (χ3n) is 2.33. The van der Waals surface area contributed by atoms with Crippen molar-refractivity contribution in [1.29, 1.82) is 0 Å². The molecule has 0 bridgehead atoms. The van der Waals surface area contributed by atoms with E-state index in [1.807, 2.05) is 6.92 Å². The molecule has 0 radical (unpaired) electrons. The third-order valence-corrected chi connectivity index (χ3v) is 3.30. The van der Waals surface area contributed by atoms with Crippen LogP contribution in [0.4, 0.5) is 0 Å². The van der Waals surface area contributed by atoms with E-state index in [0.29, 0.717) is 0 Å². The standard InChI is InChI=1S/C11H13NOS/c1-8-7-14-11(12-8)6-9-3-2-4-10(13)5-9/h5,7H,2-4,6H2,1H3. The average molecular weight is 207 g/mol. The highest BCUT2D eigenvalue weighted by Crippen LogP contribution is 2.21. The molecule has 74 valence electrons. The Labute approximate surface area is 87.7 Å². The lowest BCUT2D eigenvalue weighted by Gasteiger charge is -2.09. The molecular formula is C11H13NOS. The maximum Gasteiger partial charge on any atom is 0.155 e. The normalized spacial score (nSPS) is 16.9. The van der Waals surface area contributed by atoms with Gasteiger partial charge in [-0.25, -0.2) is 4.98 Å². The van der Waals surface area contributed by atoms with Gasteiger partial charge in [0.15, 0.2) is 5.78 Å². The molecule has 0 amide bonds. The first-order chi connectivity index (χ1) is 6.74. The van der Waals surface area contributed by atoms with E-state index in [1.165, 1.54) is 5.57 Å². The van der Waals surface area contributed by atoms with Gasteiger partial charge in [0.1, 0.15) is 0 Å². The van der Waals surface area contributed by atoms with Gasteiger partial charge in [-0.2, -0.15) is 0 Å². The molecule has 1 aliphatic rings. The van der Waals surface area contributed by atoms with Gasteiger partial charge in [0, 0.05) is 23.9 Å². The van der Waals surface area contributed by atoms with Crippen molar-refractivity contribution in [2.75, 3.05) is 0 Å². The first kappa shape index (κ1) is 9.59. The van der Waals surface area contributed by atoms with Crippen LogP contribution in [-0.4, -0.2) is 10.8 Å². The van der Waals surface area contributed by atoms with Crippen molar-refractivity contribution in [2.45, 2.75) is 32.6 Å². The summed E-state index contributed by atoms with van der Waals surface area (Å²) in [6.07, 6.45) is 5.46. The number of rotatable bonds is 2. The zero-order valence-corrected chi connectivity index (χ0v) is 9.06. The fourth-order valence-electron chi connectivity index (χ4n) is 1.68. The number of ketones is 1. The van der Waals surface area contributed by atoms with Crippen molar-refractivity contribution in [2.24, 2.45) is 0 Å². The van der Waals surface area contributed by atoms with Crippen molar-refractivity contribution in [1.82, 2.24) is 4.98 Å². The van der Waals surface area contributed by atoms with Crippen LogP contribution >= 0.6 is 11.3 Å². The molecule has 14 heavy (non-hydrogen) atoms. The number of aromatic nitrogens is 1. The van der Waals surface area contributed by atoms with Gasteiger partial charge in [-0.3, -0.25) is 4.79 Å². The number of allylic oxidation sites excluding steroid dienone is 2. The minimum absolute atomic E-state index is 0.277. The molecule has 0 aromatic carbocycles. The molecule has 1 heterocycles. The molecule has 1 aliphatic carbocycles. The van der Waals surface area contributed by atoms with Crippen LogP contribution in [0.3, 0.4) is 0 Å². The highest BCUT2D eigenvalue weighted by atomic mass is 32.1. The van der Waals surface area contributed by atoms with Crippen LogP contribution in [0.25, 0.3) is 0 Å². The highest BCUT2D eigenvalue weighted by Gasteiger charge is 2.11. The molecule has 0 saturated heterocycles. The third kappa shape index (κ3) is 2.29. The number of carbonyl (C=O) groups excluding carboxylic acids is 1. The highest BCUT2D eigenvalue weighted by molar-refractivity contribution is 7.09. The van der Waals surface area contributed by atoms with Gasteiger partial charge in [-0.15, -0.1) is 11.3 Å². The predicted molar refractivity (Wildman–Crippen MR) is 57.5 cm³/mol. The Balaban J connectivity index is 2.07. The second kappa shape index (κ2) is 4.05. The van der Waals surface area contributed by atoms with Gasteiger partial charge >= 0.3 is 0 Å². The van der Waals surface area contributed by atoms with E-state index in [-0.39, 0.29) is 5.78 Å². The average Bonchev–Trinajstić information content (AvgIpc) is 2.51.